The average Bonchev–Trinajstić information content (AvgIpc) is 3.19. The first-order chi connectivity index (χ1) is 13.4. The van der Waals surface area contributed by atoms with Crippen molar-refractivity contribution in [3.63, 3.8) is 0 Å². The van der Waals surface area contributed by atoms with E-state index in [2.05, 4.69) is 5.32 Å². The number of nitrogens with zero attached hydrogens (tertiary/aromatic N) is 1. The second kappa shape index (κ2) is 8.94. The monoisotopic (exact) mass is 422 g/mol. The zero-order valence-corrected chi connectivity index (χ0v) is 17.2. The molecule has 2 aromatic rings. The minimum absolute atomic E-state index is 0.142. The van der Waals surface area contributed by atoms with Gasteiger partial charge in [0.05, 0.1) is 11.5 Å². The Labute approximate surface area is 170 Å². The molecule has 0 saturated carbocycles. The molecular formula is C20H23ClN2O4S. The van der Waals surface area contributed by atoms with E-state index in [4.69, 9.17) is 16.3 Å². The fraction of sp³-hybridized carbons (Fsp3) is 0.350. The maximum atomic E-state index is 12.9. The van der Waals surface area contributed by atoms with Crippen LogP contribution in [0.1, 0.15) is 25.3 Å². The van der Waals surface area contributed by atoms with Crippen molar-refractivity contribution in [3.8, 4) is 5.75 Å². The second-order valence-electron chi connectivity index (χ2n) is 6.52. The Morgan fingerprint density at radius 1 is 1.18 bits per heavy atom. The molecule has 0 radical (unpaired) electrons. The van der Waals surface area contributed by atoms with Crippen molar-refractivity contribution in [2.75, 3.05) is 13.2 Å². The smallest absolute Gasteiger partial charge is 0.243 e. The van der Waals surface area contributed by atoms with Crippen molar-refractivity contribution < 1.29 is 17.9 Å². The topological polar surface area (TPSA) is 75.7 Å². The average molecular weight is 423 g/mol. The third-order valence-corrected chi connectivity index (χ3v) is 6.80. The summed E-state index contributed by atoms with van der Waals surface area (Å²) in [6.45, 7) is 3.16. The van der Waals surface area contributed by atoms with E-state index < -0.39 is 16.1 Å². The molecule has 0 spiro atoms. The lowest BCUT2D eigenvalue weighted by molar-refractivity contribution is -0.124. The van der Waals surface area contributed by atoms with E-state index in [0.717, 1.165) is 11.3 Å². The maximum Gasteiger partial charge on any atom is 0.243 e. The van der Waals surface area contributed by atoms with Gasteiger partial charge >= 0.3 is 0 Å². The van der Waals surface area contributed by atoms with Gasteiger partial charge in [0.15, 0.2) is 0 Å². The molecule has 1 aliphatic rings. The van der Waals surface area contributed by atoms with Gasteiger partial charge in [-0.2, -0.15) is 4.31 Å². The highest BCUT2D eigenvalue weighted by molar-refractivity contribution is 7.89. The summed E-state index contributed by atoms with van der Waals surface area (Å²) in [5, 5.41) is 3.31. The lowest BCUT2D eigenvalue weighted by atomic mass is 10.2. The standard InChI is InChI=1S/C20H23ClN2O4S/c1-2-27-17-9-5-15(6-10-17)14-22-20(24)19-4-3-13-23(19)28(25,26)18-11-7-16(21)8-12-18/h5-12,19H,2-4,13-14H2,1H3,(H,22,24). The third kappa shape index (κ3) is 4.66. The molecule has 150 valence electrons. The Hall–Kier alpha value is -2.09. The first-order valence-corrected chi connectivity index (χ1v) is 11.0. The molecule has 0 aliphatic carbocycles. The third-order valence-electron chi connectivity index (χ3n) is 4.63. The molecule has 3 rings (SSSR count). The largest absolute Gasteiger partial charge is 0.494 e. The molecule has 28 heavy (non-hydrogen) atoms. The minimum atomic E-state index is -3.75. The van der Waals surface area contributed by atoms with Crippen LogP contribution in [-0.2, 0) is 21.4 Å². The predicted octanol–water partition coefficient (Wildman–Crippen LogP) is 3.21. The van der Waals surface area contributed by atoms with Gasteiger partial charge in [-0.15, -0.1) is 0 Å². The SMILES string of the molecule is CCOc1ccc(CNC(=O)C2CCCN2S(=O)(=O)c2ccc(Cl)cc2)cc1. The maximum absolute atomic E-state index is 12.9. The van der Waals surface area contributed by atoms with Crippen LogP contribution in [0.25, 0.3) is 0 Å². The molecule has 1 atom stereocenters. The zero-order valence-electron chi connectivity index (χ0n) is 15.6. The summed E-state index contributed by atoms with van der Waals surface area (Å²) >= 11 is 5.85. The van der Waals surface area contributed by atoms with Crippen LogP contribution < -0.4 is 10.1 Å². The van der Waals surface area contributed by atoms with Gasteiger partial charge in [-0.3, -0.25) is 4.79 Å². The number of sulfonamides is 1. The Morgan fingerprint density at radius 2 is 1.86 bits per heavy atom. The fourth-order valence-electron chi connectivity index (χ4n) is 3.21. The molecule has 8 heteroatoms. The number of benzene rings is 2. The summed E-state index contributed by atoms with van der Waals surface area (Å²) in [5.74, 6) is 0.484. The molecule has 1 aliphatic heterocycles. The summed E-state index contributed by atoms with van der Waals surface area (Å²) in [6.07, 6.45) is 1.15. The van der Waals surface area contributed by atoms with Crippen molar-refractivity contribution in [2.24, 2.45) is 0 Å². The molecule has 2 aromatic carbocycles. The number of hydrogen-bond acceptors (Lipinski definition) is 4. The number of carbonyl (C=O) groups excluding carboxylic acids is 1. The van der Waals surface area contributed by atoms with Crippen LogP contribution >= 0.6 is 11.6 Å². The molecule has 1 N–H and O–H groups in total. The number of halogens is 1. The summed E-state index contributed by atoms with van der Waals surface area (Å²) in [4.78, 5) is 12.8. The van der Waals surface area contributed by atoms with Crippen molar-refractivity contribution in [1.29, 1.82) is 0 Å². The van der Waals surface area contributed by atoms with Crippen LogP contribution in [0.2, 0.25) is 5.02 Å². The van der Waals surface area contributed by atoms with Crippen LogP contribution in [0.4, 0.5) is 0 Å². The van der Waals surface area contributed by atoms with Crippen LogP contribution in [-0.4, -0.2) is 37.8 Å². The van der Waals surface area contributed by atoms with Gasteiger partial charge in [0.2, 0.25) is 15.9 Å². The van der Waals surface area contributed by atoms with Gasteiger partial charge < -0.3 is 10.1 Å². The van der Waals surface area contributed by atoms with Gasteiger partial charge in [-0.1, -0.05) is 23.7 Å². The van der Waals surface area contributed by atoms with E-state index in [-0.39, 0.29) is 10.8 Å². The minimum Gasteiger partial charge on any atom is -0.494 e. The fourth-order valence-corrected chi connectivity index (χ4v) is 4.99. The molecule has 1 saturated heterocycles. The zero-order chi connectivity index (χ0) is 20.1. The molecule has 6 nitrogen and oxygen atoms in total. The molecule has 1 amide bonds. The Morgan fingerprint density at radius 3 is 2.50 bits per heavy atom. The normalized spacial score (nSPS) is 17.4. The number of ether oxygens (including phenoxy) is 1. The number of nitrogens with one attached hydrogen (secondary N) is 1. The first-order valence-electron chi connectivity index (χ1n) is 9.18. The van der Waals surface area contributed by atoms with Gasteiger partial charge in [-0.05, 0) is 61.7 Å². The Bertz CT molecular complexity index is 914. The van der Waals surface area contributed by atoms with E-state index in [9.17, 15) is 13.2 Å². The highest BCUT2D eigenvalue weighted by atomic mass is 35.5. The first kappa shape index (κ1) is 20.6. The molecule has 1 fully saturated rings. The number of rotatable bonds is 7. The van der Waals surface area contributed by atoms with Gasteiger partial charge in [-0.25, -0.2) is 8.42 Å². The Kier molecular flexibility index (Phi) is 6.59. The van der Waals surface area contributed by atoms with E-state index in [0.29, 0.717) is 37.6 Å². The molecule has 0 bridgehead atoms. The number of hydrogen-bond donors (Lipinski definition) is 1. The van der Waals surface area contributed by atoms with Gasteiger partial charge in [0.1, 0.15) is 11.8 Å². The number of amides is 1. The predicted molar refractivity (Wildman–Crippen MR) is 108 cm³/mol. The van der Waals surface area contributed by atoms with Crippen molar-refractivity contribution in [1.82, 2.24) is 9.62 Å². The molecule has 1 unspecified atom stereocenters. The molecule has 1 heterocycles. The van der Waals surface area contributed by atoms with Crippen LogP contribution in [0.3, 0.4) is 0 Å². The number of carbonyl (C=O) groups is 1. The van der Waals surface area contributed by atoms with Crippen LogP contribution in [0.15, 0.2) is 53.4 Å². The van der Waals surface area contributed by atoms with Gasteiger partial charge in [0, 0.05) is 18.1 Å². The van der Waals surface area contributed by atoms with E-state index in [1.165, 1.54) is 28.6 Å². The van der Waals surface area contributed by atoms with Crippen molar-refractivity contribution >= 4 is 27.5 Å². The van der Waals surface area contributed by atoms with E-state index in [1.54, 1.807) is 0 Å². The van der Waals surface area contributed by atoms with Crippen LogP contribution in [0.5, 0.6) is 5.75 Å². The summed E-state index contributed by atoms with van der Waals surface area (Å²) in [5.41, 5.74) is 0.918. The quantitative estimate of drug-likeness (QED) is 0.743. The molecular weight excluding hydrogens is 400 g/mol. The second-order valence-corrected chi connectivity index (χ2v) is 8.85. The lowest BCUT2D eigenvalue weighted by Gasteiger charge is -2.23. The highest BCUT2D eigenvalue weighted by Crippen LogP contribution is 2.27. The van der Waals surface area contributed by atoms with E-state index >= 15 is 0 Å². The Balaban J connectivity index is 1.66. The molecule has 0 aromatic heterocycles. The van der Waals surface area contributed by atoms with Crippen molar-refractivity contribution in [3.05, 3.63) is 59.1 Å². The van der Waals surface area contributed by atoms with E-state index in [1.807, 2.05) is 31.2 Å². The van der Waals surface area contributed by atoms with Crippen LogP contribution in [0, 0.1) is 0 Å². The highest BCUT2D eigenvalue weighted by Gasteiger charge is 2.39. The van der Waals surface area contributed by atoms with Crippen molar-refractivity contribution in [2.45, 2.75) is 37.2 Å². The summed E-state index contributed by atoms with van der Waals surface area (Å²) in [6, 6.07) is 12.7. The summed E-state index contributed by atoms with van der Waals surface area (Å²) < 4.78 is 32.5. The lowest BCUT2D eigenvalue weighted by Crippen LogP contribution is -2.45. The van der Waals surface area contributed by atoms with Gasteiger partial charge in [0.25, 0.3) is 0 Å². The summed E-state index contributed by atoms with van der Waals surface area (Å²) in [7, 11) is -3.75.